The Kier molecular flexibility index (Phi) is 5.39. The van der Waals surface area contributed by atoms with Crippen molar-refractivity contribution in [3.63, 3.8) is 0 Å². The molecule has 19 heavy (non-hydrogen) atoms. The van der Waals surface area contributed by atoms with Crippen molar-refractivity contribution in [1.82, 2.24) is 10.3 Å². The molecule has 1 atom stereocenters. The lowest BCUT2D eigenvalue weighted by atomic mass is 10.0. The van der Waals surface area contributed by atoms with Gasteiger partial charge in [-0.3, -0.25) is 4.79 Å². The summed E-state index contributed by atoms with van der Waals surface area (Å²) in [5.74, 6) is -0.102. The first-order valence-corrected chi connectivity index (χ1v) is 6.19. The quantitative estimate of drug-likeness (QED) is 0.802. The lowest BCUT2D eigenvalue weighted by molar-refractivity contribution is -0.122. The normalized spacial score (nSPS) is 12.2. The first-order valence-electron chi connectivity index (χ1n) is 6.19. The number of nitrogens with two attached hydrogens (primary N) is 1. The Morgan fingerprint density at radius 3 is 2.74 bits per heavy atom. The van der Waals surface area contributed by atoms with Gasteiger partial charge in [-0.25, -0.2) is 0 Å². The van der Waals surface area contributed by atoms with Crippen molar-refractivity contribution in [2.75, 3.05) is 0 Å². The van der Waals surface area contributed by atoms with Crippen LogP contribution < -0.4 is 11.1 Å². The predicted octanol–water partition coefficient (Wildman–Crippen LogP) is 1.98. The van der Waals surface area contributed by atoms with Gasteiger partial charge in [0.05, 0.1) is 6.04 Å². The highest BCUT2D eigenvalue weighted by Gasteiger charge is 2.16. The molecule has 4 nitrogen and oxygen atoms in total. The van der Waals surface area contributed by atoms with Gasteiger partial charge in [-0.2, -0.15) is 0 Å². The molecule has 0 saturated heterocycles. The number of hydrogen-bond acceptors (Lipinski definition) is 2. The molecule has 0 saturated carbocycles. The highest BCUT2D eigenvalue weighted by atomic mass is 35.5. The topological polar surface area (TPSA) is 70.9 Å². The molecule has 0 aliphatic carbocycles. The van der Waals surface area contributed by atoms with Gasteiger partial charge in [0.1, 0.15) is 0 Å². The van der Waals surface area contributed by atoms with Crippen LogP contribution in [0.4, 0.5) is 0 Å². The fourth-order valence-corrected chi connectivity index (χ4v) is 2.02. The molecule has 0 fully saturated rings. The highest BCUT2D eigenvalue weighted by molar-refractivity contribution is 5.86. The Morgan fingerprint density at radius 2 is 2.05 bits per heavy atom. The minimum atomic E-state index is -0.508. The number of para-hydroxylation sites is 1. The average Bonchev–Trinajstić information content (AvgIpc) is 2.72. The van der Waals surface area contributed by atoms with Crippen LogP contribution in [0.15, 0.2) is 30.5 Å². The van der Waals surface area contributed by atoms with Crippen molar-refractivity contribution in [3.8, 4) is 0 Å². The SMILES string of the molecule is CC(C)NC(=O)[C@@H](N)Cc1c[nH]c2ccccc12.Cl. The maximum atomic E-state index is 11.8. The van der Waals surface area contributed by atoms with Crippen LogP contribution in [0.3, 0.4) is 0 Å². The second-order valence-electron chi connectivity index (χ2n) is 4.83. The number of nitrogens with one attached hydrogen (secondary N) is 2. The number of H-pyrrole nitrogens is 1. The molecule has 0 bridgehead atoms. The molecule has 2 rings (SSSR count). The van der Waals surface area contributed by atoms with Crippen LogP contribution in [0.25, 0.3) is 10.9 Å². The summed E-state index contributed by atoms with van der Waals surface area (Å²) >= 11 is 0. The molecule has 0 aliphatic heterocycles. The number of aromatic amines is 1. The number of carbonyl (C=O) groups excluding carboxylic acids is 1. The molecular weight excluding hydrogens is 262 g/mol. The molecule has 1 amide bonds. The minimum Gasteiger partial charge on any atom is -0.361 e. The van der Waals surface area contributed by atoms with E-state index in [4.69, 9.17) is 5.73 Å². The first-order chi connectivity index (χ1) is 8.58. The predicted molar refractivity (Wildman–Crippen MR) is 80.5 cm³/mol. The van der Waals surface area contributed by atoms with Crippen LogP contribution in [0, 0.1) is 0 Å². The van der Waals surface area contributed by atoms with Gasteiger partial charge in [-0.15, -0.1) is 12.4 Å². The summed E-state index contributed by atoms with van der Waals surface area (Å²) in [4.78, 5) is 15.0. The third-order valence-corrected chi connectivity index (χ3v) is 2.88. The molecule has 0 aliphatic rings. The van der Waals surface area contributed by atoms with Crippen LogP contribution in [0.5, 0.6) is 0 Å². The fourth-order valence-electron chi connectivity index (χ4n) is 2.02. The van der Waals surface area contributed by atoms with Gasteiger partial charge in [0.15, 0.2) is 0 Å². The van der Waals surface area contributed by atoms with Gasteiger partial charge < -0.3 is 16.0 Å². The van der Waals surface area contributed by atoms with E-state index in [1.54, 1.807) is 0 Å². The minimum absolute atomic E-state index is 0. The van der Waals surface area contributed by atoms with Crippen molar-refractivity contribution < 1.29 is 4.79 Å². The third kappa shape index (κ3) is 3.72. The third-order valence-electron chi connectivity index (χ3n) is 2.88. The van der Waals surface area contributed by atoms with Crippen LogP contribution in [-0.4, -0.2) is 23.0 Å². The molecule has 1 aromatic heterocycles. The summed E-state index contributed by atoms with van der Waals surface area (Å²) in [6.07, 6.45) is 2.47. The van der Waals surface area contributed by atoms with Gasteiger partial charge in [0.25, 0.3) is 0 Å². The van der Waals surface area contributed by atoms with Crippen molar-refractivity contribution >= 4 is 29.2 Å². The number of halogens is 1. The number of benzene rings is 1. The van der Waals surface area contributed by atoms with Crippen molar-refractivity contribution in [2.24, 2.45) is 5.73 Å². The maximum Gasteiger partial charge on any atom is 0.237 e. The summed E-state index contributed by atoms with van der Waals surface area (Å²) in [6.45, 7) is 3.85. The molecule has 2 aromatic rings. The molecule has 104 valence electrons. The number of fused-ring (bicyclic) bond motifs is 1. The van der Waals surface area contributed by atoms with E-state index in [9.17, 15) is 4.79 Å². The van der Waals surface area contributed by atoms with E-state index < -0.39 is 6.04 Å². The first kappa shape index (κ1) is 15.5. The van der Waals surface area contributed by atoms with E-state index in [0.717, 1.165) is 16.5 Å². The van der Waals surface area contributed by atoms with Gasteiger partial charge in [-0.1, -0.05) is 18.2 Å². The van der Waals surface area contributed by atoms with Gasteiger partial charge in [-0.05, 0) is 31.9 Å². The molecular formula is C14H20ClN3O. The van der Waals surface area contributed by atoms with E-state index in [0.29, 0.717) is 6.42 Å². The largest absolute Gasteiger partial charge is 0.361 e. The number of aromatic nitrogens is 1. The van der Waals surface area contributed by atoms with E-state index in [-0.39, 0.29) is 24.4 Å². The van der Waals surface area contributed by atoms with E-state index in [1.807, 2.05) is 44.3 Å². The molecule has 1 heterocycles. The molecule has 1 aromatic carbocycles. The molecule has 4 N–H and O–H groups in total. The summed E-state index contributed by atoms with van der Waals surface area (Å²) in [5.41, 5.74) is 8.08. The Labute approximate surface area is 119 Å². The van der Waals surface area contributed by atoms with Crippen LogP contribution >= 0.6 is 12.4 Å². The number of hydrogen-bond donors (Lipinski definition) is 3. The van der Waals surface area contributed by atoms with E-state index in [2.05, 4.69) is 10.3 Å². The lowest BCUT2D eigenvalue weighted by Crippen LogP contribution is -2.44. The van der Waals surface area contributed by atoms with Gasteiger partial charge in [0.2, 0.25) is 5.91 Å². The fraction of sp³-hybridized carbons (Fsp3) is 0.357. The smallest absolute Gasteiger partial charge is 0.237 e. The average molecular weight is 282 g/mol. The molecule has 0 spiro atoms. The Morgan fingerprint density at radius 1 is 1.37 bits per heavy atom. The van der Waals surface area contributed by atoms with E-state index in [1.165, 1.54) is 0 Å². The number of carbonyl (C=O) groups is 1. The zero-order valence-electron chi connectivity index (χ0n) is 11.1. The van der Waals surface area contributed by atoms with Gasteiger partial charge >= 0.3 is 0 Å². The van der Waals surface area contributed by atoms with Crippen LogP contribution in [0.2, 0.25) is 0 Å². The van der Waals surface area contributed by atoms with Crippen molar-refractivity contribution in [2.45, 2.75) is 32.4 Å². The molecule has 0 radical (unpaired) electrons. The van der Waals surface area contributed by atoms with E-state index >= 15 is 0 Å². The summed E-state index contributed by atoms with van der Waals surface area (Å²) in [5, 5.41) is 3.96. The maximum absolute atomic E-state index is 11.8. The Balaban J connectivity index is 0.00000180. The second kappa shape index (κ2) is 6.59. The Hall–Kier alpha value is -1.52. The lowest BCUT2D eigenvalue weighted by Gasteiger charge is -2.14. The van der Waals surface area contributed by atoms with Gasteiger partial charge in [0, 0.05) is 23.1 Å². The summed E-state index contributed by atoms with van der Waals surface area (Å²) < 4.78 is 0. The second-order valence-corrected chi connectivity index (χ2v) is 4.83. The Bertz CT molecular complexity index is 550. The zero-order valence-corrected chi connectivity index (χ0v) is 12.0. The molecule has 0 unspecified atom stereocenters. The summed E-state index contributed by atoms with van der Waals surface area (Å²) in [6, 6.07) is 7.62. The summed E-state index contributed by atoms with van der Waals surface area (Å²) in [7, 11) is 0. The number of amides is 1. The van der Waals surface area contributed by atoms with Crippen molar-refractivity contribution in [3.05, 3.63) is 36.0 Å². The standard InChI is InChI=1S/C14H19N3O.ClH/c1-9(2)17-14(18)12(15)7-10-8-16-13-6-4-3-5-11(10)13;/h3-6,8-9,12,16H,7,15H2,1-2H3,(H,17,18);1H/t12-;/m0./s1. The number of rotatable bonds is 4. The monoisotopic (exact) mass is 281 g/mol. The van der Waals surface area contributed by atoms with Crippen LogP contribution in [0.1, 0.15) is 19.4 Å². The molecule has 5 heteroatoms. The zero-order chi connectivity index (χ0) is 13.1. The highest BCUT2D eigenvalue weighted by Crippen LogP contribution is 2.18. The van der Waals surface area contributed by atoms with Crippen LogP contribution in [-0.2, 0) is 11.2 Å². The van der Waals surface area contributed by atoms with Crippen molar-refractivity contribution in [1.29, 1.82) is 0 Å².